The minimum Gasteiger partial charge on any atom is -0.311 e. The Labute approximate surface area is 130 Å². The molecule has 118 valence electrons. The molecule has 21 heavy (non-hydrogen) atoms. The van der Waals surface area contributed by atoms with E-state index in [-0.39, 0.29) is 5.41 Å². The van der Waals surface area contributed by atoms with E-state index < -0.39 is 0 Å². The zero-order valence-corrected chi connectivity index (χ0v) is 14.4. The topological polar surface area (TPSA) is 15.3 Å². The van der Waals surface area contributed by atoms with Crippen molar-refractivity contribution in [1.82, 2.24) is 10.2 Å². The quantitative estimate of drug-likeness (QED) is 0.902. The molecule has 0 radical (unpaired) electrons. The molecule has 2 rings (SSSR count). The van der Waals surface area contributed by atoms with Gasteiger partial charge in [-0.05, 0) is 29.9 Å². The first-order chi connectivity index (χ1) is 9.90. The summed E-state index contributed by atoms with van der Waals surface area (Å²) in [4.78, 5) is 2.63. The van der Waals surface area contributed by atoms with Crippen molar-refractivity contribution in [3.63, 3.8) is 0 Å². The maximum Gasteiger partial charge on any atom is 0.0237 e. The van der Waals surface area contributed by atoms with Crippen LogP contribution >= 0.6 is 0 Å². The molecule has 1 aromatic carbocycles. The molecular formula is C19H32N2. The van der Waals surface area contributed by atoms with E-state index in [1.807, 2.05) is 0 Å². The summed E-state index contributed by atoms with van der Waals surface area (Å²) in [6.07, 6.45) is 2.55. The van der Waals surface area contributed by atoms with Gasteiger partial charge in [0.2, 0.25) is 0 Å². The van der Waals surface area contributed by atoms with Crippen molar-refractivity contribution in [2.24, 2.45) is 0 Å². The van der Waals surface area contributed by atoms with E-state index in [0.29, 0.717) is 12.1 Å². The van der Waals surface area contributed by atoms with Gasteiger partial charge in [0.05, 0.1) is 0 Å². The molecule has 0 saturated carbocycles. The summed E-state index contributed by atoms with van der Waals surface area (Å²) in [6, 6.07) is 10.5. The Morgan fingerprint density at radius 2 is 1.86 bits per heavy atom. The molecule has 1 aromatic rings. The van der Waals surface area contributed by atoms with Crippen LogP contribution in [0.2, 0.25) is 0 Å². The first kappa shape index (κ1) is 16.5. The lowest BCUT2D eigenvalue weighted by Gasteiger charge is -2.39. The van der Waals surface area contributed by atoms with E-state index in [1.165, 1.54) is 30.5 Å². The van der Waals surface area contributed by atoms with Crippen molar-refractivity contribution < 1.29 is 0 Å². The molecule has 1 heterocycles. The van der Waals surface area contributed by atoms with Gasteiger partial charge in [-0.15, -0.1) is 0 Å². The van der Waals surface area contributed by atoms with Crippen LogP contribution in [-0.4, -0.2) is 30.1 Å². The van der Waals surface area contributed by atoms with Gasteiger partial charge in [0, 0.05) is 31.7 Å². The highest BCUT2D eigenvalue weighted by Gasteiger charge is 2.24. The number of rotatable bonds is 4. The number of piperazine rings is 1. The lowest BCUT2D eigenvalue weighted by atomic mass is 9.86. The van der Waals surface area contributed by atoms with Crippen molar-refractivity contribution in [2.45, 2.75) is 71.5 Å². The molecule has 1 N–H and O–H groups in total. The molecule has 0 aliphatic carbocycles. The molecule has 2 unspecified atom stereocenters. The number of benzene rings is 1. The fourth-order valence-corrected chi connectivity index (χ4v) is 3.10. The normalized spacial score (nSPS) is 24.2. The van der Waals surface area contributed by atoms with E-state index in [1.54, 1.807) is 0 Å². The van der Waals surface area contributed by atoms with E-state index in [4.69, 9.17) is 0 Å². The highest BCUT2D eigenvalue weighted by atomic mass is 15.2. The smallest absolute Gasteiger partial charge is 0.0237 e. The highest BCUT2D eigenvalue weighted by Crippen LogP contribution is 2.23. The lowest BCUT2D eigenvalue weighted by molar-refractivity contribution is 0.129. The van der Waals surface area contributed by atoms with E-state index in [9.17, 15) is 0 Å². The average molecular weight is 288 g/mol. The van der Waals surface area contributed by atoms with Gasteiger partial charge in [-0.2, -0.15) is 0 Å². The van der Waals surface area contributed by atoms with Crippen LogP contribution in [0.15, 0.2) is 24.3 Å². The van der Waals surface area contributed by atoms with E-state index in [2.05, 4.69) is 69.1 Å². The highest BCUT2D eigenvalue weighted by molar-refractivity contribution is 5.27. The standard InChI is InChI=1S/C19H32N2/c1-6-7-18-14-21(15(2)12-20-18)13-16-8-10-17(11-9-16)19(3,4)5/h8-11,15,18,20H,6-7,12-14H2,1-5H3. The summed E-state index contributed by atoms with van der Waals surface area (Å²) in [5, 5.41) is 3.67. The molecule has 2 atom stereocenters. The van der Waals surface area contributed by atoms with Crippen LogP contribution in [0.25, 0.3) is 0 Å². The molecule has 0 spiro atoms. The molecule has 2 nitrogen and oxygen atoms in total. The van der Waals surface area contributed by atoms with E-state index in [0.717, 1.165) is 13.1 Å². The first-order valence-electron chi connectivity index (χ1n) is 8.47. The summed E-state index contributed by atoms with van der Waals surface area (Å²) >= 11 is 0. The molecule has 1 aliphatic rings. The van der Waals surface area contributed by atoms with Gasteiger partial charge in [0.25, 0.3) is 0 Å². The van der Waals surface area contributed by atoms with Crippen molar-refractivity contribution in [1.29, 1.82) is 0 Å². The Kier molecular flexibility index (Phi) is 5.45. The summed E-state index contributed by atoms with van der Waals surface area (Å²) in [6.45, 7) is 14.8. The summed E-state index contributed by atoms with van der Waals surface area (Å²) in [5.74, 6) is 0. The van der Waals surface area contributed by atoms with Crippen LogP contribution in [0.1, 0.15) is 58.6 Å². The van der Waals surface area contributed by atoms with Gasteiger partial charge in [0.15, 0.2) is 0 Å². The van der Waals surface area contributed by atoms with Gasteiger partial charge >= 0.3 is 0 Å². The minimum atomic E-state index is 0.243. The zero-order valence-electron chi connectivity index (χ0n) is 14.4. The van der Waals surface area contributed by atoms with Gasteiger partial charge in [0.1, 0.15) is 0 Å². The van der Waals surface area contributed by atoms with Crippen molar-refractivity contribution >= 4 is 0 Å². The zero-order chi connectivity index (χ0) is 15.5. The van der Waals surface area contributed by atoms with Crippen LogP contribution in [0.4, 0.5) is 0 Å². The van der Waals surface area contributed by atoms with Crippen molar-refractivity contribution in [3.8, 4) is 0 Å². The number of hydrogen-bond acceptors (Lipinski definition) is 2. The number of nitrogens with one attached hydrogen (secondary N) is 1. The fourth-order valence-electron chi connectivity index (χ4n) is 3.10. The molecule has 0 amide bonds. The monoisotopic (exact) mass is 288 g/mol. The Morgan fingerprint density at radius 1 is 1.19 bits per heavy atom. The molecule has 0 bridgehead atoms. The van der Waals surface area contributed by atoms with Crippen LogP contribution in [0.5, 0.6) is 0 Å². The van der Waals surface area contributed by atoms with E-state index >= 15 is 0 Å². The van der Waals surface area contributed by atoms with Crippen LogP contribution in [0.3, 0.4) is 0 Å². The van der Waals surface area contributed by atoms with Crippen LogP contribution in [0, 0.1) is 0 Å². The van der Waals surface area contributed by atoms with Crippen LogP contribution in [-0.2, 0) is 12.0 Å². The molecule has 1 saturated heterocycles. The Balaban J connectivity index is 1.99. The third kappa shape index (κ3) is 4.55. The average Bonchev–Trinajstić information content (AvgIpc) is 2.42. The third-order valence-electron chi connectivity index (χ3n) is 4.62. The largest absolute Gasteiger partial charge is 0.311 e. The molecule has 1 fully saturated rings. The Bertz CT molecular complexity index is 430. The number of nitrogens with zero attached hydrogens (tertiary/aromatic N) is 1. The first-order valence-corrected chi connectivity index (χ1v) is 8.47. The number of hydrogen-bond donors (Lipinski definition) is 1. The van der Waals surface area contributed by atoms with Gasteiger partial charge in [-0.25, -0.2) is 0 Å². The molecule has 0 aromatic heterocycles. The lowest BCUT2D eigenvalue weighted by Crippen LogP contribution is -2.54. The Hall–Kier alpha value is -0.860. The van der Waals surface area contributed by atoms with Crippen molar-refractivity contribution in [3.05, 3.63) is 35.4 Å². The second-order valence-electron chi connectivity index (χ2n) is 7.62. The second kappa shape index (κ2) is 6.93. The summed E-state index contributed by atoms with van der Waals surface area (Å²) in [7, 11) is 0. The predicted molar refractivity (Wildman–Crippen MR) is 91.7 cm³/mol. The summed E-state index contributed by atoms with van der Waals surface area (Å²) in [5.41, 5.74) is 3.10. The molecular weight excluding hydrogens is 256 g/mol. The Morgan fingerprint density at radius 3 is 2.43 bits per heavy atom. The SMILES string of the molecule is CCCC1CN(Cc2ccc(C(C)(C)C)cc2)C(C)CN1. The van der Waals surface area contributed by atoms with Crippen LogP contribution < -0.4 is 5.32 Å². The molecule has 2 heteroatoms. The predicted octanol–water partition coefficient (Wildman–Crippen LogP) is 3.95. The van der Waals surface area contributed by atoms with Gasteiger partial charge < -0.3 is 5.32 Å². The fraction of sp³-hybridized carbons (Fsp3) is 0.684. The molecule has 1 aliphatic heterocycles. The third-order valence-corrected chi connectivity index (χ3v) is 4.62. The maximum atomic E-state index is 3.67. The van der Waals surface area contributed by atoms with Gasteiger partial charge in [-0.3, -0.25) is 4.90 Å². The minimum absolute atomic E-state index is 0.243. The van der Waals surface area contributed by atoms with Crippen molar-refractivity contribution in [2.75, 3.05) is 13.1 Å². The second-order valence-corrected chi connectivity index (χ2v) is 7.62. The maximum absolute atomic E-state index is 3.67. The summed E-state index contributed by atoms with van der Waals surface area (Å²) < 4.78 is 0. The van der Waals surface area contributed by atoms with Gasteiger partial charge in [-0.1, -0.05) is 58.4 Å².